The highest BCUT2D eigenvalue weighted by Gasteiger charge is 2.47. The standard InChI is InChI=1S/C13H21N3O5/c1-3-13(2)11(19)16(12(20)14-13)6-10(18)15-4-5-21-8-9(15)7-17/h9,17H,3-8H2,1-2H3,(H,14,20). The zero-order valence-electron chi connectivity index (χ0n) is 12.3. The first-order valence-corrected chi connectivity index (χ1v) is 7.05. The van der Waals surface area contributed by atoms with Crippen LogP contribution < -0.4 is 5.32 Å². The number of imide groups is 1. The Morgan fingerprint density at radius 3 is 2.81 bits per heavy atom. The zero-order valence-corrected chi connectivity index (χ0v) is 12.3. The summed E-state index contributed by atoms with van der Waals surface area (Å²) in [7, 11) is 0. The predicted octanol–water partition coefficient (Wildman–Crippen LogP) is -1.07. The molecule has 0 spiro atoms. The summed E-state index contributed by atoms with van der Waals surface area (Å²) >= 11 is 0. The molecule has 21 heavy (non-hydrogen) atoms. The van der Waals surface area contributed by atoms with Gasteiger partial charge in [-0.05, 0) is 13.3 Å². The number of carbonyl (C=O) groups excluding carboxylic acids is 3. The molecule has 2 heterocycles. The second-order valence-electron chi connectivity index (χ2n) is 5.51. The number of aliphatic hydroxyl groups is 1. The highest BCUT2D eigenvalue weighted by molar-refractivity contribution is 6.08. The first kappa shape index (κ1) is 15.7. The Balaban J connectivity index is 2.05. The summed E-state index contributed by atoms with van der Waals surface area (Å²) in [5.74, 6) is -0.752. The Kier molecular flexibility index (Phi) is 4.48. The minimum Gasteiger partial charge on any atom is -0.394 e. The van der Waals surface area contributed by atoms with Gasteiger partial charge in [-0.2, -0.15) is 0 Å². The first-order valence-electron chi connectivity index (χ1n) is 7.05. The number of hydrogen-bond acceptors (Lipinski definition) is 5. The molecule has 0 bridgehead atoms. The maximum absolute atomic E-state index is 12.3. The third kappa shape index (κ3) is 2.86. The van der Waals surface area contributed by atoms with Crippen LogP contribution in [0.25, 0.3) is 0 Å². The molecule has 4 amide bonds. The van der Waals surface area contributed by atoms with Crippen LogP contribution in [0.15, 0.2) is 0 Å². The monoisotopic (exact) mass is 299 g/mol. The van der Waals surface area contributed by atoms with Crippen molar-refractivity contribution in [3.63, 3.8) is 0 Å². The normalized spacial score (nSPS) is 29.8. The van der Waals surface area contributed by atoms with Crippen molar-refractivity contribution in [1.29, 1.82) is 0 Å². The largest absolute Gasteiger partial charge is 0.394 e. The lowest BCUT2D eigenvalue weighted by atomic mass is 9.99. The minimum absolute atomic E-state index is 0.210. The molecular weight excluding hydrogens is 278 g/mol. The van der Waals surface area contributed by atoms with Gasteiger partial charge in [0.25, 0.3) is 5.91 Å². The summed E-state index contributed by atoms with van der Waals surface area (Å²) in [6.07, 6.45) is 0.457. The molecule has 0 radical (unpaired) electrons. The second kappa shape index (κ2) is 5.98. The number of amides is 4. The maximum Gasteiger partial charge on any atom is 0.325 e. The fourth-order valence-corrected chi connectivity index (χ4v) is 2.49. The Hall–Kier alpha value is -1.67. The van der Waals surface area contributed by atoms with E-state index in [0.717, 1.165) is 4.90 Å². The third-order valence-corrected chi connectivity index (χ3v) is 4.10. The summed E-state index contributed by atoms with van der Waals surface area (Å²) in [4.78, 5) is 38.8. The molecule has 0 aromatic heterocycles. The number of rotatable bonds is 4. The van der Waals surface area contributed by atoms with Crippen LogP contribution in [0.4, 0.5) is 4.79 Å². The van der Waals surface area contributed by atoms with Crippen LogP contribution in [0.1, 0.15) is 20.3 Å². The van der Waals surface area contributed by atoms with Gasteiger partial charge in [-0.1, -0.05) is 6.92 Å². The summed E-state index contributed by atoms with van der Waals surface area (Å²) in [5.41, 5.74) is -0.946. The van der Waals surface area contributed by atoms with Gasteiger partial charge in [-0.15, -0.1) is 0 Å². The van der Waals surface area contributed by atoms with Gasteiger partial charge in [0.15, 0.2) is 0 Å². The van der Waals surface area contributed by atoms with Gasteiger partial charge in [0.1, 0.15) is 12.1 Å². The SMILES string of the molecule is CCC1(C)NC(=O)N(CC(=O)N2CCOCC2CO)C1=O. The predicted molar refractivity (Wildman–Crippen MR) is 72.3 cm³/mol. The van der Waals surface area contributed by atoms with Gasteiger partial charge >= 0.3 is 6.03 Å². The molecule has 8 heteroatoms. The number of morpholine rings is 1. The minimum atomic E-state index is -0.946. The van der Waals surface area contributed by atoms with Crippen LogP contribution in [-0.2, 0) is 14.3 Å². The van der Waals surface area contributed by atoms with Crippen molar-refractivity contribution >= 4 is 17.8 Å². The molecule has 0 aromatic carbocycles. The molecule has 2 rings (SSSR count). The summed E-state index contributed by atoms with van der Waals surface area (Å²) in [5, 5.41) is 11.9. The van der Waals surface area contributed by atoms with Crippen LogP contribution in [-0.4, -0.2) is 77.2 Å². The molecule has 118 valence electrons. The first-order chi connectivity index (χ1) is 9.92. The Labute approximate surface area is 123 Å². The van der Waals surface area contributed by atoms with Gasteiger partial charge in [-0.3, -0.25) is 14.5 Å². The average Bonchev–Trinajstić information content (AvgIpc) is 2.71. The van der Waals surface area contributed by atoms with E-state index in [9.17, 15) is 19.5 Å². The molecule has 0 aromatic rings. The van der Waals surface area contributed by atoms with Crippen LogP contribution in [0.5, 0.6) is 0 Å². The molecule has 2 aliphatic rings. The molecule has 2 aliphatic heterocycles. The Morgan fingerprint density at radius 1 is 1.52 bits per heavy atom. The molecule has 2 fully saturated rings. The number of carbonyl (C=O) groups is 3. The van der Waals surface area contributed by atoms with E-state index in [0.29, 0.717) is 19.6 Å². The van der Waals surface area contributed by atoms with E-state index in [-0.39, 0.29) is 25.7 Å². The molecular formula is C13H21N3O5. The van der Waals surface area contributed by atoms with Crippen molar-refractivity contribution < 1.29 is 24.2 Å². The highest BCUT2D eigenvalue weighted by atomic mass is 16.5. The van der Waals surface area contributed by atoms with Crippen LogP contribution in [0.3, 0.4) is 0 Å². The molecule has 2 atom stereocenters. The number of ether oxygens (including phenoxy) is 1. The van der Waals surface area contributed by atoms with Crippen LogP contribution in [0, 0.1) is 0 Å². The second-order valence-corrected chi connectivity index (χ2v) is 5.51. The Morgan fingerprint density at radius 2 is 2.24 bits per heavy atom. The summed E-state index contributed by atoms with van der Waals surface area (Å²) < 4.78 is 5.20. The van der Waals surface area contributed by atoms with Gasteiger partial charge in [0.2, 0.25) is 5.91 Å². The van der Waals surface area contributed by atoms with E-state index in [1.54, 1.807) is 13.8 Å². The fraction of sp³-hybridized carbons (Fsp3) is 0.769. The zero-order chi connectivity index (χ0) is 15.6. The van der Waals surface area contributed by atoms with Gasteiger partial charge in [-0.25, -0.2) is 4.79 Å². The quantitative estimate of drug-likeness (QED) is 0.644. The topological polar surface area (TPSA) is 99.2 Å². The van der Waals surface area contributed by atoms with Crippen LogP contribution in [0.2, 0.25) is 0 Å². The van der Waals surface area contributed by atoms with Crippen molar-refractivity contribution in [1.82, 2.24) is 15.1 Å². The fourth-order valence-electron chi connectivity index (χ4n) is 2.49. The van der Waals surface area contributed by atoms with Crippen molar-refractivity contribution in [3.8, 4) is 0 Å². The van der Waals surface area contributed by atoms with E-state index < -0.39 is 23.5 Å². The molecule has 2 saturated heterocycles. The molecule has 2 N–H and O–H groups in total. The van der Waals surface area contributed by atoms with Crippen molar-refractivity contribution in [2.45, 2.75) is 31.8 Å². The van der Waals surface area contributed by atoms with E-state index >= 15 is 0 Å². The van der Waals surface area contributed by atoms with Crippen molar-refractivity contribution in [3.05, 3.63) is 0 Å². The van der Waals surface area contributed by atoms with Gasteiger partial charge < -0.3 is 20.1 Å². The Bertz CT molecular complexity index is 455. The highest BCUT2D eigenvalue weighted by Crippen LogP contribution is 2.21. The molecule has 8 nitrogen and oxygen atoms in total. The van der Waals surface area contributed by atoms with E-state index in [1.807, 2.05) is 0 Å². The van der Waals surface area contributed by atoms with Gasteiger partial charge in [0, 0.05) is 6.54 Å². The summed E-state index contributed by atoms with van der Waals surface area (Å²) in [6.45, 7) is 3.91. The lowest BCUT2D eigenvalue weighted by Crippen LogP contribution is -2.54. The number of hydrogen-bond donors (Lipinski definition) is 2. The van der Waals surface area contributed by atoms with E-state index in [2.05, 4.69) is 5.32 Å². The number of nitrogens with one attached hydrogen (secondary N) is 1. The molecule has 0 saturated carbocycles. The third-order valence-electron chi connectivity index (χ3n) is 4.10. The molecule has 2 unspecified atom stereocenters. The maximum atomic E-state index is 12.3. The van der Waals surface area contributed by atoms with E-state index in [1.165, 1.54) is 4.90 Å². The number of nitrogens with zero attached hydrogens (tertiary/aromatic N) is 2. The summed E-state index contributed by atoms with van der Waals surface area (Å²) in [6, 6.07) is -0.976. The molecule has 0 aliphatic carbocycles. The lowest BCUT2D eigenvalue weighted by Gasteiger charge is -2.35. The lowest BCUT2D eigenvalue weighted by molar-refractivity contribution is -0.145. The van der Waals surface area contributed by atoms with Crippen molar-refractivity contribution in [2.24, 2.45) is 0 Å². The van der Waals surface area contributed by atoms with Crippen molar-refractivity contribution in [2.75, 3.05) is 32.9 Å². The van der Waals surface area contributed by atoms with E-state index in [4.69, 9.17) is 4.74 Å². The average molecular weight is 299 g/mol. The van der Waals surface area contributed by atoms with Gasteiger partial charge in [0.05, 0.1) is 25.9 Å². The number of urea groups is 1. The number of aliphatic hydroxyl groups excluding tert-OH is 1. The smallest absolute Gasteiger partial charge is 0.325 e. The van der Waals surface area contributed by atoms with Crippen LogP contribution >= 0.6 is 0 Å².